The number of benzene rings is 1. The minimum atomic E-state index is -0.0300. The summed E-state index contributed by atoms with van der Waals surface area (Å²) in [6, 6.07) is 8.44. The number of fused-ring (bicyclic) bond motifs is 1. The maximum Gasteiger partial charge on any atom is 0.317 e. The molecule has 0 fully saturated rings. The van der Waals surface area contributed by atoms with E-state index in [0.29, 0.717) is 19.5 Å². The van der Waals surface area contributed by atoms with Crippen molar-refractivity contribution in [2.45, 2.75) is 32.2 Å². The molecule has 4 nitrogen and oxygen atoms in total. The molecule has 104 valence electrons. The Bertz CT molecular complexity index is 434. The van der Waals surface area contributed by atoms with Crippen molar-refractivity contribution in [1.82, 2.24) is 10.2 Å². The van der Waals surface area contributed by atoms with Crippen molar-refractivity contribution in [3.05, 3.63) is 35.4 Å². The highest BCUT2D eigenvalue weighted by atomic mass is 16.3. The molecule has 2 amide bonds. The van der Waals surface area contributed by atoms with Crippen LogP contribution in [-0.2, 0) is 6.42 Å². The van der Waals surface area contributed by atoms with E-state index in [9.17, 15) is 4.79 Å². The molecular formula is C15H22N2O2. The third-order valence-corrected chi connectivity index (χ3v) is 3.62. The van der Waals surface area contributed by atoms with Crippen LogP contribution in [0.1, 0.15) is 36.9 Å². The molecule has 0 radical (unpaired) electrons. The van der Waals surface area contributed by atoms with Crippen LogP contribution in [0.5, 0.6) is 0 Å². The maximum atomic E-state index is 12.2. The van der Waals surface area contributed by atoms with Crippen LogP contribution in [-0.4, -0.2) is 35.7 Å². The highest BCUT2D eigenvalue weighted by Gasteiger charge is 2.30. The van der Waals surface area contributed by atoms with Crippen molar-refractivity contribution in [2.24, 2.45) is 0 Å². The van der Waals surface area contributed by atoms with Gasteiger partial charge in [0.15, 0.2) is 0 Å². The van der Waals surface area contributed by atoms with Crippen LogP contribution in [0, 0.1) is 0 Å². The SMILES string of the molecule is CCNC(=O)N(CCCO)C1CCc2ccccc21. The van der Waals surface area contributed by atoms with Crippen LogP contribution in [0.4, 0.5) is 4.79 Å². The van der Waals surface area contributed by atoms with Gasteiger partial charge in [-0.05, 0) is 37.3 Å². The first-order valence-corrected chi connectivity index (χ1v) is 7.01. The summed E-state index contributed by atoms with van der Waals surface area (Å²) in [7, 11) is 0. The average molecular weight is 262 g/mol. The molecule has 4 heteroatoms. The smallest absolute Gasteiger partial charge is 0.317 e. The van der Waals surface area contributed by atoms with Gasteiger partial charge in [0.25, 0.3) is 0 Å². The quantitative estimate of drug-likeness (QED) is 0.853. The van der Waals surface area contributed by atoms with Gasteiger partial charge in [-0.1, -0.05) is 24.3 Å². The summed E-state index contributed by atoms with van der Waals surface area (Å²) in [6.07, 6.45) is 2.62. The minimum absolute atomic E-state index is 0.0300. The van der Waals surface area contributed by atoms with E-state index in [0.717, 1.165) is 12.8 Å². The molecule has 0 saturated carbocycles. The van der Waals surface area contributed by atoms with Crippen LogP contribution < -0.4 is 5.32 Å². The number of carbonyl (C=O) groups excluding carboxylic acids is 1. The second-order valence-corrected chi connectivity index (χ2v) is 4.86. The zero-order valence-electron chi connectivity index (χ0n) is 11.4. The highest BCUT2D eigenvalue weighted by molar-refractivity contribution is 5.75. The lowest BCUT2D eigenvalue weighted by molar-refractivity contribution is 0.165. The largest absolute Gasteiger partial charge is 0.396 e. The van der Waals surface area contributed by atoms with Gasteiger partial charge in [-0.25, -0.2) is 4.79 Å². The average Bonchev–Trinajstić information content (AvgIpc) is 2.84. The van der Waals surface area contributed by atoms with Crippen LogP contribution >= 0.6 is 0 Å². The topological polar surface area (TPSA) is 52.6 Å². The van der Waals surface area contributed by atoms with Gasteiger partial charge in [0.1, 0.15) is 0 Å². The molecule has 0 aliphatic heterocycles. The van der Waals surface area contributed by atoms with Gasteiger partial charge in [0.2, 0.25) is 0 Å². The van der Waals surface area contributed by atoms with E-state index < -0.39 is 0 Å². The minimum Gasteiger partial charge on any atom is -0.396 e. The van der Waals surface area contributed by atoms with Crippen molar-refractivity contribution in [3.63, 3.8) is 0 Å². The summed E-state index contributed by atoms with van der Waals surface area (Å²) in [5.41, 5.74) is 2.59. The normalized spacial score (nSPS) is 17.1. The fourth-order valence-corrected chi connectivity index (χ4v) is 2.75. The van der Waals surface area contributed by atoms with E-state index >= 15 is 0 Å². The number of aliphatic hydroxyl groups is 1. The number of rotatable bonds is 5. The summed E-state index contributed by atoms with van der Waals surface area (Å²) in [5.74, 6) is 0. The number of carbonyl (C=O) groups is 1. The fourth-order valence-electron chi connectivity index (χ4n) is 2.75. The molecule has 19 heavy (non-hydrogen) atoms. The van der Waals surface area contributed by atoms with Gasteiger partial charge in [-0.3, -0.25) is 0 Å². The first-order chi connectivity index (χ1) is 9.27. The third kappa shape index (κ3) is 3.07. The first-order valence-electron chi connectivity index (χ1n) is 7.01. The second-order valence-electron chi connectivity index (χ2n) is 4.86. The Morgan fingerprint density at radius 3 is 3.00 bits per heavy atom. The predicted octanol–water partition coefficient (Wildman–Crippen LogP) is 2.09. The Labute approximate surface area is 114 Å². The van der Waals surface area contributed by atoms with Gasteiger partial charge >= 0.3 is 6.03 Å². The standard InChI is InChI=1S/C15H22N2O2/c1-2-16-15(19)17(10-5-11-18)14-9-8-12-6-3-4-7-13(12)14/h3-4,6-7,14,18H,2,5,8-11H2,1H3,(H,16,19). The molecule has 1 aliphatic rings. The number of amides is 2. The second kappa shape index (κ2) is 6.57. The van der Waals surface area contributed by atoms with E-state index in [1.165, 1.54) is 11.1 Å². The number of aryl methyl sites for hydroxylation is 1. The van der Waals surface area contributed by atoms with Gasteiger partial charge < -0.3 is 15.3 Å². The zero-order chi connectivity index (χ0) is 13.7. The molecule has 1 atom stereocenters. The van der Waals surface area contributed by atoms with E-state index in [-0.39, 0.29) is 18.7 Å². The fraction of sp³-hybridized carbons (Fsp3) is 0.533. The molecule has 1 aromatic rings. The molecule has 0 spiro atoms. The van der Waals surface area contributed by atoms with Gasteiger partial charge in [0.05, 0.1) is 6.04 Å². The summed E-state index contributed by atoms with van der Waals surface area (Å²) in [6.45, 7) is 3.26. The summed E-state index contributed by atoms with van der Waals surface area (Å²) in [4.78, 5) is 14.0. The molecule has 2 rings (SSSR count). The van der Waals surface area contributed by atoms with Crippen LogP contribution in [0.2, 0.25) is 0 Å². The number of nitrogens with one attached hydrogen (secondary N) is 1. The van der Waals surface area contributed by atoms with E-state index in [4.69, 9.17) is 5.11 Å². The monoisotopic (exact) mass is 262 g/mol. The highest BCUT2D eigenvalue weighted by Crippen LogP contribution is 2.35. The number of aliphatic hydroxyl groups excluding tert-OH is 1. The predicted molar refractivity (Wildman–Crippen MR) is 75.0 cm³/mol. The van der Waals surface area contributed by atoms with Crippen molar-refractivity contribution >= 4 is 6.03 Å². The molecule has 1 aliphatic carbocycles. The Balaban J connectivity index is 2.17. The number of hydrogen-bond donors (Lipinski definition) is 2. The summed E-state index contributed by atoms with van der Waals surface area (Å²) < 4.78 is 0. The Morgan fingerprint density at radius 1 is 1.47 bits per heavy atom. The van der Waals surface area contributed by atoms with Crippen molar-refractivity contribution in [1.29, 1.82) is 0 Å². The molecular weight excluding hydrogens is 240 g/mol. The van der Waals surface area contributed by atoms with E-state index in [1.54, 1.807) is 0 Å². The van der Waals surface area contributed by atoms with Crippen LogP contribution in [0.3, 0.4) is 0 Å². The molecule has 0 bridgehead atoms. The van der Waals surface area contributed by atoms with Crippen LogP contribution in [0.15, 0.2) is 24.3 Å². The molecule has 1 unspecified atom stereocenters. The number of hydrogen-bond acceptors (Lipinski definition) is 2. The lowest BCUT2D eigenvalue weighted by Crippen LogP contribution is -2.42. The van der Waals surface area contributed by atoms with Crippen molar-refractivity contribution < 1.29 is 9.90 Å². The Morgan fingerprint density at radius 2 is 2.26 bits per heavy atom. The van der Waals surface area contributed by atoms with Gasteiger partial charge in [0, 0.05) is 19.7 Å². The Kier molecular flexibility index (Phi) is 4.80. The third-order valence-electron chi connectivity index (χ3n) is 3.62. The summed E-state index contributed by atoms with van der Waals surface area (Å²) in [5, 5.41) is 11.9. The Hall–Kier alpha value is -1.55. The first kappa shape index (κ1) is 13.9. The lowest BCUT2D eigenvalue weighted by atomic mass is 10.1. The molecule has 2 N–H and O–H groups in total. The van der Waals surface area contributed by atoms with Crippen molar-refractivity contribution in [2.75, 3.05) is 19.7 Å². The van der Waals surface area contributed by atoms with E-state index in [2.05, 4.69) is 17.4 Å². The molecule has 1 aromatic carbocycles. The number of nitrogens with zero attached hydrogens (tertiary/aromatic N) is 1. The van der Waals surface area contributed by atoms with Crippen LogP contribution in [0.25, 0.3) is 0 Å². The van der Waals surface area contributed by atoms with Gasteiger partial charge in [-0.15, -0.1) is 0 Å². The maximum absolute atomic E-state index is 12.2. The zero-order valence-corrected chi connectivity index (χ0v) is 11.4. The molecule has 0 saturated heterocycles. The molecule has 0 aromatic heterocycles. The summed E-state index contributed by atoms with van der Waals surface area (Å²) >= 11 is 0. The lowest BCUT2D eigenvalue weighted by Gasteiger charge is -2.29. The van der Waals surface area contributed by atoms with Crippen molar-refractivity contribution in [3.8, 4) is 0 Å². The van der Waals surface area contributed by atoms with E-state index in [1.807, 2.05) is 24.0 Å². The molecule has 0 heterocycles. The van der Waals surface area contributed by atoms with Gasteiger partial charge in [-0.2, -0.15) is 0 Å². The number of urea groups is 1.